The highest BCUT2D eigenvalue weighted by Crippen LogP contribution is 2.25. The van der Waals surface area contributed by atoms with Crippen LogP contribution >= 0.6 is 0 Å². The Morgan fingerprint density at radius 2 is 1.33 bits per heavy atom. The molecule has 0 bridgehead atoms. The van der Waals surface area contributed by atoms with Crippen LogP contribution in [0.2, 0.25) is 0 Å². The van der Waals surface area contributed by atoms with Gasteiger partial charge in [0.15, 0.2) is 0 Å². The summed E-state index contributed by atoms with van der Waals surface area (Å²) in [6.45, 7) is 4.97. The maximum Gasteiger partial charge on any atom is 0.230 e. The van der Waals surface area contributed by atoms with Crippen molar-refractivity contribution in [3.63, 3.8) is 0 Å². The Hall–Kier alpha value is -2.27. The molecule has 0 heterocycles. The summed E-state index contributed by atoms with van der Waals surface area (Å²) in [6.07, 6.45) is 0. The van der Waals surface area contributed by atoms with Crippen molar-refractivity contribution in [1.29, 1.82) is 0 Å². The predicted molar refractivity (Wildman–Crippen MR) is 88.4 cm³/mol. The summed E-state index contributed by atoms with van der Waals surface area (Å²) in [6, 6.07) is 11.2. The van der Waals surface area contributed by atoms with Gasteiger partial charge in [0.1, 0.15) is 17.2 Å². The van der Waals surface area contributed by atoms with Gasteiger partial charge in [0.25, 0.3) is 0 Å². The first kappa shape index (κ1) is 18.1. The molecular weight excluding hydrogens is 312 g/mol. The third-order valence-corrected chi connectivity index (χ3v) is 4.19. The summed E-state index contributed by atoms with van der Waals surface area (Å²) in [7, 11) is 0. The van der Waals surface area contributed by atoms with Gasteiger partial charge in [-0.05, 0) is 56.2 Å². The van der Waals surface area contributed by atoms with Gasteiger partial charge in [0.05, 0.1) is 12.0 Å². The monoisotopic (exact) mass is 333 g/mol. The summed E-state index contributed by atoms with van der Waals surface area (Å²) >= 11 is 0. The molecule has 0 aliphatic heterocycles. The van der Waals surface area contributed by atoms with E-state index in [1.807, 2.05) is 0 Å². The second-order valence-corrected chi connectivity index (χ2v) is 6.60. The molecule has 2 aromatic carbocycles. The largest absolute Gasteiger partial charge is 0.384 e. The molecular formula is C19H21F2NO2. The maximum atomic E-state index is 13.0. The number of hydrogen-bond acceptors (Lipinski definition) is 2. The highest BCUT2D eigenvalue weighted by atomic mass is 19.1. The van der Waals surface area contributed by atoms with E-state index in [0.717, 1.165) is 0 Å². The van der Waals surface area contributed by atoms with Gasteiger partial charge in [-0.25, -0.2) is 8.78 Å². The zero-order valence-corrected chi connectivity index (χ0v) is 13.9. The molecule has 1 unspecified atom stereocenters. The lowest BCUT2D eigenvalue weighted by atomic mass is 9.83. The van der Waals surface area contributed by atoms with E-state index in [0.29, 0.717) is 11.1 Å². The quantitative estimate of drug-likeness (QED) is 0.882. The molecule has 0 radical (unpaired) electrons. The van der Waals surface area contributed by atoms with Crippen LogP contribution in [-0.2, 0) is 15.8 Å². The van der Waals surface area contributed by atoms with Crippen molar-refractivity contribution in [1.82, 2.24) is 5.32 Å². The van der Waals surface area contributed by atoms with Crippen LogP contribution in [0.4, 0.5) is 8.78 Å². The summed E-state index contributed by atoms with van der Waals surface area (Å²) in [5, 5.41) is 13.2. The standard InChI is InChI=1S/C19H21F2NO2/c1-18(2,13-4-8-15(20)9-5-13)17(23)22-12-19(3,24)14-6-10-16(21)11-7-14/h4-11,24H,12H2,1-3H3,(H,22,23). The summed E-state index contributed by atoms with van der Waals surface area (Å²) in [5.74, 6) is -1.05. The van der Waals surface area contributed by atoms with E-state index in [1.165, 1.54) is 36.4 Å². The van der Waals surface area contributed by atoms with Crippen molar-refractivity contribution in [2.45, 2.75) is 31.8 Å². The molecule has 1 amide bonds. The van der Waals surface area contributed by atoms with Gasteiger partial charge in [-0.1, -0.05) is 24.3 Å². The van der Waals surface area contributed by atoms with E-state index < -0.39 is 16.8 Å². The Morgan fingerprint density at radius 3 is 1.79 bits per heavy atom. The highest BCUT2D eigenvalue weighted by Gasteiger charge is 2.32. The van der Waals surface area contributed by atoms with Crippen LogP contribution in [0.15, 0.2) is 48.5 Å². The molecule has 5 heteroatoms. The number of carbonyl (C=O) groups is 1. The second kappa shape index (κ2) is 6.69. The topological polar surface area (TPSA) is 49.3 Å². The lowest BCUT2D eigenvalue weighted by Gasteiger charge is -2.29. The van der Waals surface area contributed by atoms with Crippen molar-refractivity contribution in [3.05, 3.63) is 71.3 Å². The van der Waals surface area contributed by atoms with E-state index in [4.69, 9.17) is 0 Å². The van der Waals surface area contributed by atoms with Gasteiger partial charge in [-0.15, -0.1) is 0 Å². The lowest BCUT2D eigenvalue weighted by Crippen LogP contribution is -2.45. The molecule has 2 N–H and O–H groups in total. The number of nitrogens with one attached hydrogen (secondary N) is 1. The van der Waals surface area contributed by atoms with Crippen molar-refractivity contribution in [3.8, 4) is 0 Å². The first-order chi connectivity index (χ1) is 11.1. The van der Waals surface area contributed by atoms with Gasteiger partial charge < -0.3 is 10.4 Å². The molecule has 1 atom stereocenters. The SMILES string of the molecule is CC(O)(CNC(=O)C(C)(C)c1ccc(F)cc1)c1ccc(F)cc1. The minimum Gasteiger partial charge on any atom is -0.384 e. The molecule has 0 spiro atoms. The normalized spacial score (nSPS) is 14.1. The molecule has 0 fully saturated rings. The lowest BCUT2D eigenvalue weighted by molar-refractivity contribution is -0.126. The van der Waals surface area contributed by atoms with Crippen LogP contribution < -0.4 is 5.32 Å². The number of hydrogen-bond donors (Lipinski definition) is 2. The number of halogens is 2. The number of carbonyl (C=O) groups excluding carboxylic acids is 1. The van der Waals surface area contributed by atoms with Crippen LogP contribution in [0.1, 0.15) is 31.9 Å². The third-order valence-electron chi connectivity index (χ3n) is 4.19. The summed E-state index contributed by atoms with van der Waals surface area (Å²) in [5.41, 5.74) is -1.04. The molecule has 0 saturated heterocycles. The smallest absolute Gasteiger partial charge is 0.230 e. The first-order valence-electron chi connectivity index (χ1n) is 7.66. The van der Waals surface area contributed by atoms with Crippen molar-refractivity contribution >= 4 is 5.91 Å². The summed E-state index contributed by atoms with van der Waals surface area (Å²) in [4.78, 5) is 12.5. The molecule has 0 aliphatic rings. The molecule has 3 nitrogen and oxygen atoms in total. The van der Waals surface area contributed by atoms with Crippen LogP contribution in [0.5, 0.6) is 0 Å². The Bertz CT molecular complexity index is 707. The zero-order valence-electron chi connectivity index (χ0n) is 13.9. The number of aliphatic hydroxyl groups is 1. The van der Waals surface area contributed by atoms with Crippen molar-refractivity contribution in [2.24, 2.45) is 0 Å². The van der Waals surface area contributed by atoms with E-state index in [9.17, 15) is 18.7 Å². The second-order valence-electron chi connectivity index (χ2n) is 6.60. The molecule has 0 aliphatic carbocycles. The zero-order chi connectivity index (χ0) is 18.0. The predicted octanol–water partition coefficient (Wildman–Crippen LogP) is 3.27. The summed E-state index contributed by atoms with van der Waals surface area (Å²) < 4.78 is 26.0. The van der Waals surface area contributed by atoms with E-state index >= 15 is 0 Å². The highest BCUT2D eigenvalue weighted by molar-refractivity contribution is 5.87. The van der Waals surface area contributed by atoms with Gasteiger partial charge in [-0.2, -0.15) is 0 Å². The third kappa shape index (κ3) is 3.97. The van der Waals surface area contributed by atoms with E-state index in [1.54, 1.807) is 32.9 Å². The van der Waals surface area contributed by atoms with Crippen LogP contribution in [0.3, 0.4) is 0 Å². The van der Waals surface area contributed by atoms with Gasteiger partial charge in [0.2, 0.25) is 5.91 Å². The average Bonchev–Trinajstić information content (AvgIpc) is 2.53. The maximum absolute atomic E-state index is 13.0. The Balaban J connectivity index is 2.08. The Morgan fingerprint density at radius 1 is 0.917 bits per heavy atom. The number of benzene rings is 2. The van der Waals surface area contributed by atoms with E-state index in [2.05, 4.69) is 5.32 Å². The molecule has 0 saturated carbocycles. The van der Waals surface area contributed by atoms with Gasteiger partial charge >= 0.3 is 0 Å². The number of amides is 1. The van der Waals surface area contributed by atoms with Gasteiger partial charge in [-0.3, -0.25) is 4.79 Å². The molecule has 0 aromatic heterocycles. The fourth-order valence-electron chi connectivity index (χ4n) is 2.38. The average molecular weight is 333 g/mol. The fraction of sp³-hybridized carbons (Fsp3) is 0.316. The van der Waals surface area contributed by atoms with Crippen LogP contribution in [-0.4, -0.2) is 17.6 Å². The van der Waals surface area contributed by atoms with Crippen LogP contribution in [0.25, 0.3) is 0 Å². The molecule has 2 aromatic rings. The van der Waals surface area contributed by atoms with Crippen molar-refractivity contribution < 1.29 is 18.7 Å². The van der Waals surface area contributed by atoms with E-state index in [-0.39, 0.29) is 18.3 Å². The number of rotatable bonds is 5. The first-order valence-corrected chi connectivity index (χ1v) is 7.66. The minimum absolute atomic E-state index is 0.0257. The molecule has 24 heavy (non-hydrogen) atoms. The van der Waals surface area contributed by atoms with Gasteiger partial charge in [0, 0.05) is 0 Å². The molecule has 128 valence electrons. The fourth-order valence-corrected chi connectivity index (χ4v) is 2.38. The van der Waals surface area contributed by atoms with Crippen molar-refractivity contribution in [2.75, 3.05) is 6.54 Å². The molecule has 2 rings (SSSR count). The minimum atomic E-state index is -1.33. The van der Waals surface area contributed by atoms with Crippen LogP contribution in [0, 0.1) is 11.6 Å². The Labute approximate surface area is 140 Å². The Kier molecular flexibility index (Phi) is 5.04.